The summed E-state index contributed by atoms with van der Waals surface area (Å²) in [7, 11) is 0. The van der Waals surface area contributed by atoms with E-state index in [0.717, 1.165) is 12.8 Å². The molecule has 0 aromatic heterocycles. The second-order valence-corrected chi connectivity index (χ2v) is 8.61. The summed E-state index contributed by atoms with van der Waals surface area (Å²) in [4.78, 5) is 0. The van der Waals surface area contributed by atoms with Crippen LogP contribution in [0.25, 0.3) is 22.3 Å². The predicted molar refractivity (Wildman–Crippen MR) is 126 cm³/mol. The molecule has 2 aliphatic rings. The topological polar surface area (TPSA) is 0 Å². The third-order valence-corrected chi connectivity index (χ3v) is 6.58. The molecule has 4 aromatic carbocycles. The van der Waals surface area contributed by atoms with Gasteiger partial charge in [0.25, 0.3) is 0 Å². The first kappa shape index (κ1) is 27.4. The summed E-state index contributed by atoms with van der Waals surface area (Å²) in [5.74, 6) is 0. The van der Waals surface area contributed by atoms with Crippen molar-refractivity contribution in [3.8, 4) is 22.3 Å². The molecule has 0 aliphatic heterocycles. The van der Waals surface area contributed by atoms with E-state index in [4.69, 9.17) is 0 Å². The van der Waals surface area contributed by atoms with Crippen LogP contribution in [-0.4, -0.2) is 0 Å². The van der Waals surface area contributed by atoms with Crippen molar-refractivity contribution in [2.45, 2.75) is 40.5 Å². The molecular weight excluding hydrogens is 479 g/mol. The summed E-state index contributed by atoms with van der Waals surface area (Å²) in [6.07, 6.45) is 2.10. The minimum Gasteiger partial charge on any atom is -1.00 e. The monoisotopic (exact) mass is 504 g/mol. The van der Waals surface area contributed by atoms with Crippen LogP contribution in [0.2, 0.25) is 0 Å². The normalized spacial score (nSPS) is 11.3. The molecule has 0 unspecified atom stereocenters. The molecule has 6 rings (SSSR count). The summed E-state index contributed by atoms with van der Waals surface area (Å²) < 4.78 is 0. The number of hydrogen-bond acceptors (Lipinski definition) is 0. The average Bonchev–Trinajstić information content (AvgIpc) is 3.27. The maximum atomic E-state index is 3.50. The number of benzene rings is 4. The van der Waals surface area contributed by atoms with Gasteiger partial charge < -0.3 is 24.8 Å². The largest absolute Gasteiger partial charge is 4.00 e. The number of halogens is 2. The first-order chi connectivity index (χ1) is 14.5. The maximum absolute atomic E-state index is 3.50. The van der Waals surface area contributed by atoms with Crippen molar-refractivity contribution in [1.29, 1.82) is 0 Å². The van der Waals surface area contributed by atoms with Gasteiger partial charge in [0.15, 0.2) is 0 Å². The molecule has 0 radical (unpaired) electrons. The molecule has 2 aliphatic carbocycles. The zero-order valence-corrected chi connectivity index (χ0v) is 22.5. The molecule has 0 bridgehead atoms. The van der Waals surface area contributed by atoms with Gasteiger partial charge in [-0.15, -0.1) is 22.3 Å². The Balaban J connectivity index is 0.000000214. The molecule has 164 valence electrons. The smallest absolute Gasteiger partial charge is 1.00 e. The van der Waals surface area contributed by atoms with Crippen LogP contribution >= 0.6 is 0 Å². The molecule has 0 fully saturated rings. The Morgan fingerprint density at radius 1 is 0.545 bits per heavy atom. The molecule has 0 saturated heterocycles. The number of rotatable bonds is 0. The molecule has 3 heteroatoms. The fourth-order valence-corrected chi connectivity index (χ4v) is 4.62. The van der Waals surface area contributed by atoms with Gasteiger partial charge in [-0.2, -0.15) is 46.5 Å². The first-order valence-electron chi connectivity index (χ1n) is 10.7. The Bertz CT molecular complexity index is 1190. The third-order valence-electron chi connectivity index (χ3n) is 6.58. The summed E-state index contributed by atoms with van der Waals surface area (Å²) in [5, 5.41) is 0. The minimum atomic E-state index is 0. The third kappa shape index (κ3) is 5.15. The molecule has 0 N–H and O–H groups in total. The zero-order valence-electron chi connectivity index (χ0n) is 19.4. The van der Waals surface area contributed by atoms with E-state index in [1.165, 1.54) is 66.8 Å². The molecule has 0 nitrogen and oxygen atoms in total. The molecule has 0 spiro atoms. The van der Waals surface area contributed by atoms with Crippen molar-refractivity contribution >= 4 is 0 Å². The first-order valence-corrected chi connectivity index (χ1v) is 10.7. The van der Waals surface area contributed by atoms with Crippen LogP contribution in [-0.2, 0) is 34.6 Å². The molecule has 33 heavy (non-hydrogen) atoms. The summed E-state index contributed by atoms with van der Waals surface area (Å²) in [5.41, 5.74) is 16.4. The SMILES string of the molecule is Cc1[c-]c2c(cc1C)-c1ccccc1C2.Cc1[c-]c2c(cc1C)-c1ccccc1C2.[Cl-].[Cl-].[Ti+4]. The fourth-order valence-electron chi connectivity index (χ4n) is 4.62. The molecule has 0 heterocycles. The Labute approximate surface area is 225 Å². The van der Waals surface area contributed by atoms with Gasteiger partial charge in [0.1, 0.15) is 0 Å². The van der Waals surface area contributed by atoms with Gasteiger partial charge in [-0.1, -0.05) is 98.5 Å². The van der Waals surface area contributed by atoms with Crippen molar-refractivity contribution in [3.05, 3.63) is 117 Å². The van der Waals surface area contributed by atoms with Gasteiger partial charge in [0, 0.05) is 0 Å². The van der Waals surface area contributed by atoms with Crippen LogP contribution in [0, 0.1) is 39.8 Å². The molecule has 4 aromatic rings. The standard InChI is InChI=1S/2C15H13.2ClH.Ti/c2*1-10-7-13-9-12-5-3-4-6-14(12)15(13)8-11(10)2;;;/h2*3-6,8H,9H2,1-2H3;2*1H;/q2*-1;;;+4/p-2. The van der Waals surface area contributed by atoms with Crippen LogP contribution in [0.3, 0.4) is 0 Å². The van der Waals surface area contributed by atoms with Crippen LogP contribution < -0.4 is 24.8 Å². The van der Waals surface area contributed by atoms with Gasteiger partial charge in [-0.3, -0.25) is 0 Å². The van der Waals surface area contributed by atoms with E-state index < -0.39 is 0 Å². The average molecular weight is 505 g/mol. The van der Waals surface area contributed by atoms with Gasteiger partial charge >= 0.3 is 21.7 Å². The van der Waals surface area contributed by atoms with Gasteiger partial charge in [-0.25, -0.2) is 0 Å². The van der Waals surface area contributed by atoms with E-state index in [-0.39, 0.29) is 46.5 Å². The molecular formula is C30H26Cl2Ti. The van der Waals surface area contributed by atoms with Gasteiger partial charge in [0.2, 0.25) is 0 Å². The zero-order chi connectivity index (χ0) is 20.8. The van der Waals surface area contributed by atoms with Crippen LogP contribution in [0.15, 0.2) is 60.7 Å². The number of hydrogen-bond donors (Lipinski definition) is 0. The molecule has 0 atom stereocenters. The second-order valence-electron chi connectivity index (χ2n) is 8.61. The van der Waals surface area contributed by atoms with Gasteiger partial charge in [0.05, 0.1) is 0 Å². The second kappa shape index (κ2) is 11.1. The van der Waals surface area contributed by atoms with E-state index in [1.54, 1.807) is 0 Å². The van der Waals surface area contributed by atoms with Gasteiger partial charge in [-0.05, 0) is 12.8 Å². The van der Waals surface area contributed by atoms with Crippen molar-refractivity contribution in [1.82, 2.24) is 0 Å². The maximum Gasteiger partial charge on any atom is 4.00 e. The van der Waals surface area contributed by atoms with Crippen molar-refractivity contribution in [3.63, 3.8) is 0 Å². The van der Waals surface area contributed by atoms with Crippen LogP contribution in [0.4, 0.5) is 0 Å². The predicted octanol–water partition coefficient (Wildman–Crippen LogP) is 1.36. The van der Waals surface area contributed by atoms with E-state index in [1.807, 2.05) is 0 Å². The summed E-state index contributed by atoms with van der Waals surface area (Å²) >= 11 is 0. The van der Waals surface area contributed by atoms with E-state index >= 15 is 0 Å². The fraction of sp³-hybridized carbons (Fsp3) is 0.200. The summed E-state index contributed by atoms with van der Waals surface area (Å²) in [6.45, 7) is 8.59. The Kier molecular flexibility index (Phi) is 9.19. The Morgan fingerprint density at radius 2 is 0.909 bits per heavy atom. The molecule has 0 saturated carbocycles. The Hall–Kier alpha value is -1.83. The summed E-state index contributed by atoms with van der Waals surface area (Å²) in [6, 6.07) is 28.9. The van der Waals surface area contributed by atoms with Crippen molar-refractivity contribution < 1.29 is 46.5 Å². The number of aryl methyl sites for hydroxylation is 4. The van der Waals surface area contributed by atoms with Crippen molar-refractivity contribution in [2.24, 2.45) is 0 Å². The van der Waals surface area contributed by atoms with E-state index in [0.29, 0.717) is 0 Å². The number of fused-ring (bicyclic) bond motifs is 6. The van der Waals surface area contributed by atoms with Crippen LogP contribution in [0.1, 0.15) is 44.5 Å². The van der Waals surface area contributed by atoms with Crippen molar-refractivity contribution in [2.75, 3.05) is 0 Å². The molecule has 0 amide bonds. The Morgan fingerprint density at radius 3 is 1.30 bits per heavy atom. The quantitative estimate of drug-likeness (QED) is 0.216. The van der Waals surface area contributed by atoms with E-state index in [2.05, 4.69) is 100 Å². The van der Waals surface area contributed by atoms with E-state index in [9.17, 15) is 0 Å². The van der Waals surface area contributed by atoms with Crippen LogP contribution in [0.5, 0.6) is 0 Å². The minimum absolute atomic E-state index is 0.